The van der Waals surface area contributed by atoms with Crippen LogP contribution in [0.15, 0.2) is 18.2 Å². The molecule has 0 bridgehead atoms. The molecular weight excluding hydrogens is 342 g/mol. The lowest BCUT2D eigenvalue weighted by atomic mass is 10.2. The summed E-state index contributed by atoms with van der Waals surface area (Å²) < 4.78 is 1.59. The van der Waals surface area contributed by atoms with E-state index in [-0.39, 0.29) is 6.04 Å². The average Bonchev–Trinajstić information content (AvgIpc) is 2.94. The summed E-state index contributed by atoms with van der Waals surface area (Å²) in [5, 5.41) is 15.0. The average molecular weight is 362 g/mol. The Balaban J connectivity index is 1.91. The molecule has 0 aliphatic heterocycles. The molecule has 6 N–H and O–H groups in total. The van der Waals surface area contributed by atoms with Crippen LogP contribution in [0.5, 0.6) is 0 Å². The Morgan fingerprint density at radius 1 is 1.28 bits per heavy atom. The Morgan fingerprint density at radius 3 is 2.80 bits per heavy atom. The van der Waals surface area contributed by atoms with E-state index in [9.17, 15) is 0 Å². The van der Waals surface area contributed by atoms with Gasteiger partial charge < -0.3 is 22.1 Å². The zero-order chi connectivity index (χ0) is 18.0. The first-order chi connectivity index (χ1) is 12.0. The van der Waals surface area contributed by atoms with Crippen LogP contribution in [0, 0.1) is 0 Å². The summed E-state index contributed by atoms with van der Waals surface area (Å²) in [5.41, 5.74) is 14.4. The van der Waals surface area contributed by atoms with Crippen molar-refractivity contribution in [2.45, 2.75) is 19.5 Å². The van der Waals surface area contributed by atoms with Gasteiger partial charge in [-0.2, -0.15) is 9.97 Å². The lowest BCUT2D eigenvalue weighted by Crippen LogP contribution is -2.26. The topological polar surface area (TPSA) is 133 Å². The van der Waals surface area contributed by atoms with Gasteiger partial charge in [0.25, 0.3) is 0 Å². The Bertz CT molecular complexity index is 870. The van der Waals surface area contributed by atoms with Crippen molar-refractivity contribution in [3.05, 3.63) is 28.8 Å². The van der Waals surface area contributed by atoms with E-state index >= 15 is 0 Å². The van der Waals surface area contributed by atoms with Crippen molar-refractivity contribution >= 4 is 40.2 Å². The molecule has 0 spiro atoms. The van der Waals surface area contributed by atoms with Gasteiger partial charge in [-0.25, -0.2) is 4.68 Å². The van der Waals surface area contributed by atoms with Crippen molar-refractivity contribution in [1.29, 1.82) is 0 Å². The first-order valence-corrected chi connectivity index (χ1v) is 8.17. The SMILES string of the molecule is CC(N)CNc1nc(NCc2c(N)cccc2Cl)c2nnn(C)c2n1. The minimum atomic E-state index is -0.0247. The summed E-state index contributed by atoms with van der Waals surface area (Å²) in [5.74, 6) is 0.995. The Kier molecular flexibility index (Phi) is 4.86. The number of hydrogen-bond acceptors (Lipinski definition) is 8. The Hall–Kier alpha value is -2.65. The molecule has 1 aromatic carbocycles. The highest BCUT2D eigenvalue weighted by atomic mass is 35.5. The van der Waals surface area contributed by atoms with Gasteiger partial charge in [0.05, 0.1) is 0 Å². The van der Waals surface area contributed by atoms with Crippen LogP contribution >= 0.6 is 11.6 Å². The van der Waals surface area contributed by atoms with E-state index in [0.717, 1.165) is 5.56 Å². The highest BCUT2D eigenvalue weighted by molar-refractivity contribution is 6.31. The van der Waals surface area contributed by atoms with Gasteiger partial charge in [0.15, 0.2) is 17.0 Å². The molecule has 0 saturated carbocycles. The molecule has 2 heterocycles. The zero-order valence-corrected chi connectivity index (χ0v) is 14.7. The fourth-order valence-electron chi connectivity index (χ4n) is 2.30. The quantitative estimate of drug-likeness (QED) is 0.484. The second-order valence-corrected chi connectivity index (χ2v) is 6.21. The van der Waals surface area contributed by atoms with Crippen LogP contribution in [0.25, 0.3) is 11.2 Å². The molecule has 0 aliphatic rings. The number of nitrogens with one attached hydrogen (secondary N) is 2. The van der Waals surface area contributed by atoms with E-state index < -0.39 is 0 Å². The van der Waals surface area contributed by atoms with Crippen LogP contribution in [-0.2, 0) is 13.6 Å². The smallest absolute Gasteiger partial charge is 0.226 e. The number of rotatable bonds is 6. The van der Waals surface area contributed by atoms with Crippen molar-refractivity contribution in [2.75, 3.05) is 22.9 Å². The summed E-state index contributed by atoms with van der Waals surface area (Å²) in [4.78, 5) is 8.90. The van der Waals surface area contributed by atoms with E-state index in [0.29, 0.717) is 46.7 Å². The third-order valence-electron chi connectivity index (χ3n) is 3.62. The second kappa shape index (κ2) is 7.08. The minimum absolute atomic E-state index is 0.0247. The fourth-order valence-corrected chi connectivity index (χ4v) is 2.55. The Morgan fingerprint density at radius 2 is 2.08 bits per heavy atom. The molecule has 0 radical (unpaired) electrons. The van der Waals surface area contributed by atoms with Crippen molar-refractivity contribution in [2.24, 2.45) is 12.8 Å². The molecule has 2 aromatic heterocycles. The van der Waals surface area contributed by atoms with Crippen molar-refractivity contribution in [3.8, 4) is 0 Å². The normalized spacial score (nSPS) is 12.3. The highest BCUT2D eigenvalue weighted by Crippen LogP contribution is 2.25. The predicted molar refractivity (Wildman–Crippen MR) is 99.4 cm³/mol. The predicted octanol–water partition coefficient (Wildman–Crippen LogP) is 1.37. The Labute approximate surface area is 149 Å². The standard InChI is InChI=1S/C15H20ClN9/c1-8(17)6-20-15-21-13(12-14(22-15)25(2)24-23-12)19-7-9-10(16)4-3-5-11(9)18/h3-5,8H,6-7,17-18H2,1-2H3,(H2,19,20,21,22). The molecule has 132 valence electrons. The molecule has 3 aromatic rings. The molecule has 0 fully saturated rings. The number of fused-ring (bicyclic) bond motifs is 1. The molecule has 3 rings (SSSR count). The third kappa shape index (κ3) is 3.72. The first kappa shape index (κ1) is 17.2. The van der Waals surface area contributed by atoms with Crippen LogP contribution in [-0.4, -0.2) is 37.5 Å². The number of anilines is 3. The summed E-state index contributed by atoms with van der Waals surface area (Å²) in [6.45, 7) is 2.85. The van der Waals surface area contributed by atoms with Crippen molar-refractivity contribution in [1.82, 2.24) is 25.0 Å². The van der Waals surface area contributed by atoms with Gasteiger partial charge in [0.1, 0.15) is 0 Å². The fraction of sp³-hybridized carbons (Fsp3) is 0.333. The first-order valence-electron chi connectivity index (χ1n) is 7.79. The zero-order valence-electron chi connectivity index (χ0n) is 14.0. The van der Waals surface area contributed by atoms with Crippen LogP contribution < -0.4 is 22.1 Å². The maximum atomic E-state index is 6.22. The van der Waals surface area contributed by atoms with Crippen LogP contribution in [0.4, 0.5) is 17.5 Å². The largest absolute Gasteiger partial charge is 0.398 e. The summed E-state index contributed by atoms with van der Waals surface area (Å²) >= 11 is 6.22. The van der Waals surface area contributed by atoms with E-state index in [4.69, 9.17) is 23.1 Å². The summed E-state index contributed by atoms with van der Waals surface area (Å²) in [6, 6.07) is 5.38. The maximum Gasteiger partial charge on any atom is 0.226 e. The molecule has 1 atom stereocenters. The van der Waals surface area contributed by atoms with E-state index in [1.54, 1.807) is 23.9 Å². The lowest BCUT2D eigenvalue weighted by molar-refractivity contribution is 0.729. The van der Waals surface area contributed by atoms with Gasteiger partial charge >= 0.3 is 0 Å². The van der Waals surface area contributed by atoms with E-state index in [1.165, 1.54) is 0 Å². The van der Waals surface area contributed by atoms with Gasteiger partial charge in [-0.15, -0.1) is 5.10 Å². The number of benzene rings is 1. The van der Waals surface area contributed by atoms with Crippen LogP contribution in [0.2, 0.25) is 5.02 Å². The second-order valence-electron chi connectivity index (χ2n) is 5.80. The number of aromatic nitrogens is 5. The third-order valence-corrected chi connectivity index (χ3v) is 3.97. The monoisotopic (exact) mass is 361 g/mol. The molecule has 0 saturated heterocycles. The molecule has 0 aliphatic carbocycles. The molecule has 25 heavy (non-hydrogen) atoms. The summed E-state index contributed by atoms with van der Waals surface area (Å²) in [6.07, 6.45) is 0. The number of nitrogens with zero attached hydrogens (tertiary/aromatic N) is 5. The number of aryl methyl sites for hydroxylation is 1. The number of nitrogen functional groups attached to an aromatic ring is 1. The molecule has 10 heteroatoms. The van der Waals surface area contributed by atoms with Crippen molar-refractivity contribution < 1.29 is 0 Å². The van der Waals surface area contributed by atoms with Gasteiger partial charge in [-0.3, -0.25) is 0 Å². The van der Waals surface area contributed by atoms with Gasteiger partial charge in [0, 0.05) is 42.5 Å². The van der Waals surface area contributed by atoms with Crippen LogP contribution in [0.3, 0.4) is 0 Å². The maximum absolute atomic E-state index is 6.22. The number of nitrogens with two attached hydrogens (primary N) is 2. The molecular formula is C15H20ClN9. The lowest BCUT2D eigenvalue weighted by Gasteiger charge is -2.12. The molecule has 9 nitrogen and oxygen atoms in total. The minimum Gasteiger partial charge on any atom is -0.398 e. The van der Waals surface area contributed by atoms with Gasteiger partial charge in [0.2, 0.25) is 5.95 Å². The van der Waals surface area contributed by atoms with Crippen LogP contribution in [0.1, 0.15) is 12.5 Å². The van der Waals surface area contributed by atoms with E-state index in [2.05, 4.69) is 30.9 Å². The van der Waals surface area contributed by atoms with Gasteiger partial charge in [-0.1, -0.05) is 22.9 Å². The molecule has 1 unspecified atom stereocenters. The number of hydrogen-bond donors (Lipinski definition) is 4. The molecule has 0 amide bonds. The highest BCUT2D eigenvalue weighted by Gasteiger charge is 2.14. The number of halogens is 1. The van der Waals surface area contributed by atoms with E-state index in [1.807, 2.05) is 13.0 Å². The van der Waals surface area contributed by atoms with Crippen molar-refractivity contribution in [3.63, 3.8) is 0 Å². The summed E-state index contributed by atoms with van der Waals surface area (Å²) in [7, 11) is 1.77. The van der Waals surface area contributed by atoms with Gasteiger partial charge in [-0.05, 0) is 19.1 Å².